The van der Waals surface area contributed by atoms with Crippen molar-refractivity contribution in [1.82, 2.24) is 0 Å². The summed E-state index contributed by atoms with van der Waals surface area (Å²) in [6.07, 6.45) is 0. The molecule has 4 nitrogen and oxygen atoms in total. The van der Waals surface area contributed by atoms with Gasteiger partial charge in [-0.25, -0.2) is 0 Å². The van der Waals surface area contributed by atoms with Crippen molar-refractivity contribution < 1.29 is 4.92 Å². The zero-order valence-electron chi connectivity index (χ0n) is 6.27. The highest BCUT2D eigenvalue weighted by molar-refractivity contribution is 8.93. The molecule has 0 aliphatic heterocycles. The minimum Gasteiger partial charge on any atom is -0.326 e. The molecule has 0 bridgehead atoms. The van der Waals surface area contributed by atoms with Crippen molar-refractivity contribution in [3.8, 4) is 0 Å². The summed E-state index contributed by atoms with van der Waals surface area (Å²) in [4.78, 5) is 9.80. The number of non-ortho nitro benzene ring substituents is 1. The van der Waals surface area contributed by atoms with Gasteiger partial charge >= 0.3 is 0 Å². The summed E-state index contributed by atoms with van der Waals surface area (Å²) >= 11 is 0. The van der Waals surface area contributed by atoms with Crippen molar-refractivity contribution in [1.29, 1.82) is 0 Å². The van der Waals surface area contributed by atoms with E-state index in [9.17, 15) is 10.1 Å². The maximum absolute atomic E-state index is 10.2. The first-order valence-corrected chi connectivity index (χ1v) is 3.17. The fourth-order valence-corrected chi connectivity index (χ4v) is 0.797. The summed E-state index contributed by atoms with van der Waals surface area (Å²) in [5.74, 6) is 0. The number of hydrogen-bond donors (Lipinski definition) is 1. The van der Waals surface area contributed by atoms with E-state index in [2.05, 4.69) is 0 Å². The molecule has 0 saturated carbocycles. The SMILES string of the molecule is Br.NCc1cccc([N+](=O)[O-])c1. The molecule has 0 amide bonds. The van der Waals surface area contributed by atoms with Crippen molar-refractivity contribution >= 4 is 22.7 Å². The normalized spacial score (nSPS) is 8.75. The van der Waals surface area contributed by atoms with Gasteiger partial charge in [0.2, 0.25) is 0 Å². The third kappa shape index (κ3) is 2.60. The molecule has 5 heteroatoms. The molecular formula is C7H9BrN2O2. The van der Waals surface area contributed by atoms with Crippen molar-refractivity contribution in [2.24, 2.45) is 5.73 Å². The van der Waals surface area contributed by atoms with E-state index in [4.69, 9.17) is 5.73 Å². The predicted octanol–water partition coefficient (Wildman–Crippen LogP) is 1.63. The predicted molar refractivity (Wildman–Crippen MR) is 51.3 cm³/mol. The summed E-state index contributed by atoms with van der Waals surface area (Å²) in [5, 5.41) is 10.2. The first-order valence-electron chi connectivity index (χ1n) is 3.17. The molecule has 12 heavy (non-hydrogen) atoms. The summed E-state index contributed by atoms with van der Waals surface area (Å²) in [5.41, 5.74) is 6.16. The fraction of sp³-hybridized carbons (Fsp3) is 0.143. The molecule has 0 unspecified atom stereocenters. The lowest BCUT2D eigenvalue weighted by Crippen LogP contribution is -1.97. The van der Waals surface area contributed by atoms with E-state index in [-0.39, 0.29) is 22.7 Å². The number of halogens is 1. The molecule has 0 aliphatic rings. The molecule has 0 atom stereocenters. The van der Waals surface area contributed by atoms with Gasteiger partial charge in [-0.15, -0.1) is 17.0 Å². The summed E-state index contributed by atoms with van der Waals surface area (Å²) in [6, 6.07) is 6.30. The van der Waals surface area contributed by atoms with Crippen LogP contribution in [0.3, 0.4) is 0 Å². The second-order valence-corrected chi connectivity index (χ2v) is 2.13. The quantitative estimate of drug-likeness (QED) is 0.623. The van der Waals surface area contributed by atoms with Crippen LogP contribution in [-0.4, -0.2) is 4.92 Å². The molecule has 0 spiro atoms. The third-order valence-electron chi connectivity index (χ3n) is 1.36. The van der Waals surface area contributed by atoms with Crippen molar-refractivity contribution in [2.45, 2.75) is 6.54 Å². The van der Waals surface area contributed by atoms with Crippen LogP contribution in [0.1, 0.15) is 5.56 Å². The van der Waals surface area contributed by atoms with E-state index in [0.717, 1.165) is 5.56 Å². The first kappa shape index (κ1) is 11.1. The molecule has 0 fully saturated rings. The molecule has 2 N–H and O–H groups in total. The maximum Gasteiger partial charge on any atom is 0.269 e. The zero-order valence-corrected chi connectivity index (χ0v) is 7.98. The summed E-state index contributed by atoms with van der Waals surface area (Å²) in [7, 11) is 0. The number of rotatable bonds is 2. The topological polar surface area (TPSA) is 69.2 Å². The van der Waals surface area contributed by atoms with Crippen LogP contribution < -0.4 is 5.73 Å². The molecular weight excluding hydrogens is 224 g/mol. The molecule has 1 rings (SSSR count). The number of nitrogens with zero attached hydrogens (tertiary/aromatic N) is 1. The van der Waals surface area contributed by atoms with Crippen LogP contribution in [-0.2, 0) is 6.54 Å². The number of nitro benzene ring substituents is 1. The average molecular weight is 233 g/mol. The van der Waals surface area contributed by atoms with Gasteiger partial charge in [0.1, 0.15) is 0 Å². The van der Waals surface area contributed by atoms with Gasteiger partial charge in [-0.05, 0) is 5.56 Å². The highest BCUT2D eigenvalue weighted by Crippen LogP contribution is 2.11. The van der Waals surface area contributed by atoms with Crippen LogP contribution in [0.15, 0.2) is 24.3 Å². The van der Waals surface area contributed by atoms with E-state index in [0.29, 0.717) is 6.54 Å². The van der Waals surface area contributed by atoms with Gasteiger partial charge in [0.25, 0.3) is 5.69 Å². The van der Waals surface area contributed by atoms with Gasteiger partial charge < -0.3 is 5.73 Å². The molecule has 1 aromatic rings. The summed E-state index contributed by atoms with van der Waals surface area (Å²) < 4.78 is 0. The Morgan fingerprint density at radius 1 is 1.50 bits per heavy atom. The Balaban J connectivity index is 0.00000121. The lowest BCUT2D eigenvalue weighted by molar-refractivity contribution is -0.384. The number of nitro groups is 1. The molecule has 0 heterocycles. The monoisotopic (exact) mass is 232 g/mol. The Hall–Kier alpha value is -0.940. The van der Waals surface area contributed by atoms with Crippen molar-refractivity contribution in [3.63, 3.8) is 0 Å². The second kappa shape index (κ2) is 4.84. The first-order chi connectivity index (χ1) is 5.24. The van der Waals surface area contributed by atoms with E-state index in [1.165, 1.54) is 12.1 Å². The lowest BCUT2D eigenvalue weighted by Gasteiger charge is -1.94. The van der Waals surface area contributed by atoms with Crippen LogP contribution in [0.2, 0.25) is 0 Å². The Morgan fingerprint density at radius 2 is 2.17 bits per heavy atom. The largest absolute Gasteiger partial charge is 0.326 e. The molecule has 1 aromatic carbocycles. The molecule has 0 radical (unpaired) electrons. The number of benzene rings is 1. The second-order valence-electron chi connectivity index (χ2n) is 2.13. The molecule has 66 valence electrons. The smallest absolute Gasteiger partial charge is 0.269 e. The zero-order chi connectivity index (χ0) is 8.27. The fourth-order valence-electron chi connectivity index (χ4n) is 0.797. The van der Waals surface area contributed by atoms with Gasteiger partial charge in [-0.3, -0.25) is 10.1 Å². The van der Waals surface area contributed by atoms with Crippen LogP contribution in [0, 0.1) is 10.1 Å². The summed E-state index contributed by atoms with van der Waals surface area (Å²) in [6.45, 7) is 0.335. The van der Waals surface area contributed by atoms with E-state index in [1.807, 2.05) is 0 Å². The van der Waals surface area contributed by atoms with Crippen LogP contribution in [0.4, 0.5) is 5.69 Å². The molecule has 0 saturated heterocycles. The van der Waals surface area contributed by atoms with Gasteiger partial charge in [0, 0.05) is 18.7 Å². The van der Waals surface area contributed by atoms with E-state index >= 15 is 0 Å². The Labute approximate surface area is 80.3 Å². The van der Waals surface area contributed by atoms with Crippen LogP contribution in [0.5, 0.6) is 0 Å². The lowest BCUT2D eigenvalue weighted by atomic mass is 10.2. The van der Waals surface area contributed by atoms with Crippen molar-refractivity contribution in [3.05, 3.63) is 39.9 Å². The maximum atomic E-state index is 10.2. The van der Waals surface area contributed by atoms with Gasteiger partial charge in [0.05, 0.1) is 4.92 Å². The van der Waals surface area contributed by atoms with Gasteiger partial charge in [0.15, 0.2) is 0 Å². The van der Waals surface area contributed by atoms with E-state index in [1.54, 1.807) is 12.1 Å². The number of hydrogen-bond acceptors (Lipinski definition) is 3. The minimum absolute atomic E-state index is 0. The van der Waals surface area contributed by atoms with Crippen LogP contribution in [0.25, 0.3) is 0 Å². The van der Waals surface area contributed by atoms with E-state index < -0.39 is 4.92 Å². The minimum atomic E-state index is -0.431. The standard InChI is InChI=1S/C7H8N2O2.BrH/c8-5-6-2-1-3-7(4-6)9(10)11;/h1-4H,5,8H2;1H. The average Bonchev–Trinajstić information content (AvgIpc) is 2.05. The third-order valence-corrected chi connectivity index (χ3v) is 1.36. The van der Waals surface area contributed by atoms with Crippen molar-refractivity contribution in [2.75, 3.05) is 0 Å². The Morgan fingerprint density at radius 3 is 2.67 bits per heavy atom. The molecule has 0 aliphatic carbocycles. The van der Waals surface area contributed by atoms with Gasteiger partial charge in [-0.2, -0.15) is 0 Å². The Bertz CT molecular complexity index is 278. The van der Waals surface area contributed by atoms with Crippen LogP contribution >= 0.6 is 17.0 Å². The molecule has 0 aromatic heterocycles. The number of nitrogens with two attached hydrogens (primary N) is 1. The Kier molecular flexibility index (Phi) is 4.46. The highest BCUT2D eigenvalue weighted by Gasteiger charge is 2.03. The highest BCUT2D eigenvalue weighted by atomic mass is 79.9. The van der Waals surface area contributed by atoms with Gasteiger partial charge in [-0.1, -0.05) is 12.1 Å².